The van der Waals surface area contributed by atoms with E-state index in [0.717, 1.165) is 22.3 Å². The standard InChI is InChI=1S/C22H26N8O/c1-22(2,31)18-10-19(26-20-9-16(28-29-20)14-5-6-14)27-21(25-18)30(3)11-13-4-7-15-17(8-13)24-12-23-15/h4,7-10,12,14,31H,5-6,11H2,1-3H3,(H,23,24)(H2,25,26,27,28,29). The zero-order valence-corrected chi connectivity index (χ0v) is 17.8. The second-order valence-electron chi connectivity index (χ2n) is 8.72. The number of aliphatic hydroxyl groups is 1. The van der Waals surface area contributed by atoms with Crippen molar-refractivity contribution in [3.05, 3.63) is 53.6 Å². The molecule has 1 fully saturated rings. The first-order valence-corrected chi connectivity index (χ1v) is 10.4. The average Bonchev–Trinajstić information content (AvgIpc) is 3.29. The van der Waals surface area contributed by atoms with Crippen LogP contribution in [0.15, 0.2) is 36.7 Å². The zero-order valence-electron chi connectivity index (χ0n) is 17.8. The van der Waals surface area contributed by atoms with E-state index >= 15 is 0 Å². The molecule has 31 heavy (non-hydrogen) atoms. The van der Waals surface area contributed by atoms with Crippen LogP contribution >= 0.6 is 0 Å². The van der Waals surface area contributed by atoms with Crippen molar-refractivity contribution in [1.82, 2.24) is 30.1 Å². The van der Waals surface area contributed by atoms with Gasteiger partial charge in [-0.15, -0.1) is 0 Å². The van der Waals surface area contributed by atoms with Crippen LogP contribution in [0.5, 0.6) is 0 Å². The molecule has 1 aliphatic rings. The Kier molecular flexibility index (Phi) is 4.62. The van der Waals surface area contributed by atoms with Gasteiger partial charge in [-0.1, -0.05) is 6.07 Å². The summed E-state index contributed by atoms with van der Waals surface area (Å²) in [6.07, 6.45) is 4.10. The van der Waals surface area contributed by atoms with Crippen LogP contribution in [0.4, 0.5) is 17.6 Å². The summed E-state index contributed by atoms with van der Waals surface area (Å²) in [4.78, 5) is 18.7. The highest BCUT2D eigenvalue weighted by atomic mass is 16.3. The van der Waals surface area contributed by atoms with Gasteiger partial charge in [-0.05, 0) is 44.4 Å². The number of rotatable bonds is 7. The molecule has 5 rings (SSSR count). The normalized spacial score (nSPS) is 14.2. The first kappa shape index (κ1) is 19.5. The average molecular weight is 419 g/mol. The molecule has 0 aliphatic heterocycles. The summed E-state index contributed by atoms with van der Waals surface area (Å²) >= 11 is 0. The highest BCUT2D eigenvalue weighted by Crippen LogP contribution is 2.39. The predicted octanol–water partition coefficient (Wildman–Crippen LogP) is 3.56. The number of benzene rings is 1. The molecule has 0 saturated heterocycles. The number of aromatic amines is 2. The molecule has 9 nitrogen and oxygen atoms in total. The second kappa shape index (κ2) is 7.35. The van der Waals surface area contributed by atoms with Crippen molar-refractivity contribution in [2.24, 2.45) is 0 Å². The number of nitrogens with one attached hydrogen (secondary N) is 3. The van der Waals surface area contributed by atoms with Crippen molar-refractivity contribution < 1.29 is 5.11 Å². The largest absolute Gasteiger partial charge is 0.384 e. The number of aromatic nitrogens is 6. The number of hydrogen-bond donors (Lipinski definition) is 4. The van der Waals surface area contributed by atoms with Crippen LogP contribution in [-0.2, 0) is 12.1 Å². The topological polar surface area (TPSA) is 119 Å². The summed E-state index contributed by atoms with van der Waals surface area (Å²) in [7, 11) is 1.93. The minimum absolute atomic E-state index is 0.518. The molecule has 3 aromatic heterocycles. The lowest BCUT2D eigenvalue weighted by molar-refractivity contribution is 0.0738. The molecule has 9 heteroatoms. The highest BCUT2D eigenvalue weighted by Gasteiger charge is 2.26. The fourth-order valence-electron chi connectivity index (χ4n) is 3.54. The number of anilines is 3. The lowest BCUT2D eigenvalue weighted by Crippen LogP contribution is -2.24. The molecule has 0 radical (unpaired) electrons. The molecule has 3 heterocycles. The van der Waals surface area contributed by atoms with Crippen LogP contribution in [0.25, 0.3) is 11.0 Å². The van der Waals surface area contributed by atoms with E-state index in [2.05, 4.69) is 41.5 Å². The SMILES string of the molecule is CN(Cc1ccc2nc[nH]c2c1)c1nc(Nc2cc(C3CC3)[nH]n2)cc(C(C)(C)O)n1. The van der Waals surface area contributed by atoms with Gasteiger partial charge in [0.15, 0.2) is 5.82 Å². The molecule has 1 saturated carbocycles. The van der Waals surface area contributed by atoms with Gasteiger partial charge in [0, 0.05) is 37.3 Å². The van der Waals surface area contributed by atoms with E-state index in [1.54, 1.807) is 26.2 Å². The number of imidazole rings is 1. The third kappa shape index (κ3) is 4.22. The molecule has 0 unspecified atom stereocenters. The van der Waals surface area contributed by atoms with Gasteiger partial charge in [-0.25, -0.2) is 9.97 Å². The molecule has 1 aromatic carbocycles. The lowest BCUT2D eigenvalue weighted by Gasteiger charge is -2.22. The van der Waals surface area contributed by atoms with Crippen LogP contribution < -0.4 is 10.2 Å². The van der Waals surface area contributed by atoms with Gasteiger partial charge >= 0.3 is 0 Å². The number of nitrogens with zero attached hydrogens (tertiary/aromatic N) is 5. The van der Waals surface area contributed by atoms with Gasteiger partial charge in [0.1, 0.15) is 11.4 Å². The van der Waals surface area contributed by atoms with Crippen molar-refractivity contribution in [1.29, 1.82) is 0 Å². The Morgan fingerprint density at radius 1 is 1.16 bits per heavy atom. The first-order chi connectivity index (χ1) is 14.8. The van der Waals surface area contributed by atoms with Gasteiger partial charge < -0.3 is 20.3 Å². The molecule has 0 bridgehead atoms. The maximum absolute atomic E-state index is 10.6. The van der Waals surface area contributed by atoms with E-state index in [1.165, 1.54) is 12.8 Å². The van der Waals surface area contributed by atoms with Crippen LogP contribution in [0, 0.1) is 0 Å². The maximum Gasteiger partial charge on any atom is 0.227 e. The summed E-state index contributed by atoms with van der Waals surface area (Å²) in [5, 5.41) is 21.3. The highest BCUT2D eigenvalue weighted by molar-refractivity contribution is 5.75. The summed E-state index contributed by atoms with van der Waals surface area (Å²) in [5.41, 5.74) is 3.60. The Balaban J connectivity index is 1.42. The maximum atomic E-state index is 10.6. The van der Waals surface area contributed by atoms with Crippen molar-refractivity contribution in [3.8, 4) is 0 Å². The molecular formula is C22H26N8O. The molecule has 160 valence electrons. The van der Waals surface area contributed by atoms with Crippen molar-refractivity contribution >= 4 is 28.6 Å². The Hall–Kier alpha value is -3.46. The fourth-order valence-corrected chi connectivity index (χ4v) is 3.54. The Labute approximate surface area is 180 Å². The molecule has 4 aromatic rings. The van der Waals surface area contributed by atoms with Crippen LogP contribution in [0.1, 0.15) is 49.6 Å². The number of H-pyrrole nitrogens is 2. The summed E-state index contributed by atoms with van der Waals surface area (Å²) in [6, 6.07) is 9.89. The van der Waals surface area contributed by atoms with E-state index in [9.17, 15) is 5.11 Å². The Morgan fingerprint density at radius 2 is 2.00 bits per heavy atom. The third-order valence-electron chi connectivity index (χ3n) is 5.46. The molecule has 1 aliphatic carbocycles. The third-order valence-corrected chi connectivity index (χ3v) is 5.46. The summed E-state index contributed by atoms with van der Waals surface area (Å²) in [5.74, 6) is 2.41. The molecular weight excluding hydrogens is 392 g/mol. The number of fused-ring (bicyclic) bond motifs is 1. The lowest BCUT2D eigenvalue weighted by atomic mass is 10.1. The van der Waals surface area contributed by atoms with Crippen LogP contribution in [-0.4, -0.2) is 42.3 Å². The molecule has 0 spiro atoms. The summed E-state index contributed by atoms with van der Waals surface area (Å²) < 4.78 is 0. The Bertz CT molecular complexity index is 1220. The van der Waals surface area contributed by atoms with Gasteiger partial charge in [0.25, 0.3) is 0 Å². The van der Waals surface area contributed by atoms with E-state index < -0.39 is 5.60 Å². The molecule has 4 N–H and O–H groups in total. The monoisotopic (exact) mass is 418 g/mol. The van der Waals surface area contributed by atoms with Crippen LogP contribution in [0.2, 0.25) is 0 Å². The quantitative estimate of drug-likeness (QED) is 0.362. The fraction of sp³-hybridized carbons (Fsp3) is 0.364. The Morgan fingerprint density at radius 3 is 2.77 bits per heavy atom. The van der Waals surface area contributed by atoms with Gasteiger partial charge in [0.2, 0.25) is 5.95 Å². The number of hydrogen-bond acceptors (Lipinski definition) is 7. The minimum Gasteiger partial charge on any atom is -0.384 e. The van der Waals surface area contributed by atoms with E-state index in [-0.39, 0.29) is 0 Å². The second-order valence-corrected chi connectivity index (χ2v) is 8.72. The van der Waals surface area contributed by atoms with E-state index in [1.807, 2.05) is 30.1 Å². The van der Waals surface area contributed by atoms with Gasteiger partial charge in [0.05, 0.1) is 23.1 Å². The van der Waals surface area contributed by atoms with E-state index in [4.69, 9.17) is 0 Å². The minimum atomic E-state index is -1.10. The molecule has 0 atom stereocenters. The zero-order chi connectivity index (χ0) is 21.6. The molecule has 0 amide bonds. The van der Waals surface area contributed by atoms with Gasteiger partial charge in [-0.2, -0.15) is 10.1 Å². The van der Waals surface area contributed by atoms with Crippen molar-refractivity contribution in [2.75, 3.05) is 17.3 Å². The van der Waals surface area contributed by atoms with Gasteiger partial charge in [-0.3, -0.25) is 5.10 Å². The van der Waals surface area contributed by atoms with Crippen molar-refractivity contribution in [3.63, 3.8) is 0 Å². The predicted molar refractivity (Wildman–Crippen MR) is 119 cm³/mol. The van der Waals surface area contributed by atoms with E-state index in [0.29, 0.717) is 35.7 Å². The smallest absolute Gasteiger partial charge is 0.227 e. The van der Waals surface area contributed by atoms with Crippen molar-refractivity contribution in [2.45, 2.75) is 44.8 Å². The van der Waals surface area contributed by atoms with Crippen LogP contribution in [0.3, 0.4) is 0 Å². The summed E-state index contributed by atoms with van der Waals surface area (Å²) in [6.45, 7) is 4.04. The first-order valence-electron chi connectivity index (χ1n) is 10.4.